The average molecular weight is 132 g/mol. The molecule has 0 radical (unpaired) electrons. The van der Waals surface area contributed by atoms with Crippen molar-refractivity contribution in [2.24, 2.45) is 0 Å². The van der Waals surface area contributed by atoms with Crippen LogP contribution >= 0.6 is 0 Å². The zero-order valence-electron chi connectivity index (χ0n) is 3.33. The smallest absolute Gasteiger partial charge is 0.235 e. The maximum absolute atomic E-state index is 10.6. The molecule has 0 heterocycles. The fraction of sp³-hybridized carbons (Fsp3) is 1.00. The van der Waals surface area contributed by atoms with Crippen molar-refractivity contribution in [1.82, 2.24) is 0 Å². The Balaban J connectivity index is 4.02. The SMILES string of the molecule is [O-]C(F)(F)C([O-])(F)F. The highest BCUT2D eigenvalue weighted by Crippen LogP contribution is 2.21. The summed E-state index contributed by atoms with van der Waals surface area (Å²) in [4.78, 5) is 0. The molecule has 0 unspecified atom stereocenters. The third-order valence-corrected chi connectivity index (χ3v) is 0.339. The van der Waals surface area contributed by atoms with E-state index in [1.165, 1.54) is 0 Å². The van der Waals surface area contributed by atoms with Gasteiger partial charge in [-0.1, -0.05) is 0 Å². The average Bonchev–Trinajstić information content (AvgIpc) is 1.25. The molecule has 0 N–H and O–H groups in total. The molecule has 0 fully saturated rings. The summed E-state index contributed by atoms with van der Waals surface area (Å²) >= 11 is 0. The van der Waals surface area contributed by atoms with Gasteiger partial charge in [0.2, 0.25) is 12.2 Å². The lowest BCUT2D eigenvalue weighted by atomic mass is 10.6. The van der Waals surface area contributed by atoms with Crippen LogP contribution < -0.4 is 10.2 Å². The Kier molecular flexibility index (Phi) is 1.49. The van der Waals surface area contributed by atoms with Crippen LogP contribution in [0.3, 0.4) is 0 Å². The van der Waals surface area contributed by atoms with Gasteiger partial charge in [0.05, 0.1) is 0 Å². The summed E-state index contributed by atoms with van der Waals surface area (Å²) in [6.45, 7) is 0. The molecular formula is C2F4O2-2. The monoisotopic (exact) mass is 132 g/mol. The van der Waals surface area contributed by atoms with E-state index in [1.54, 1.807) is 0 Å². The van der Waals surface area contributed by atoms with E-state index in [0.29, 0.717) is 0 Å². The molecular weight excluding hydrogens is 132 g/mol. The summed E-state index contributed by atoms with van der Waals surface area (Å²) in [5.41, 5.74) is 0. The molecule has 0 spiro atoms. The molecule has 6 heteroatoms. The molecule has 0 bridgehead atoms. The summed E-state index contributed by atoms with van der Waals surface area (Å²) < 4.78 is 42.4. The molecule has 0 aliphatic heterocycles. The van der Waals surface area contributed by atoms with E-state index in [0.717, 1.165) is 0 Å². The molecule has 0 saturated heterocycles. The second kappa shape index (κ2) is 1.56. The molecule has 0 aliphatic rings. The molecule has 0 atom stereocenters. The fourth-order valence-corrected chi connectivity index (χ4v) is 0. The molecule has 0 aromatic rings. The third kappa shape index (κ3) is 1.63. The van der Waals surface area contributed by atoms with Gasteiger partial charge in [0.25, 0.3) is 0 Å². The first-order chi connectivity index (χ1) is 3.25. The molecule has 0 rings (SSSR count). The Morgan fingerprint density at radius 2 is 0.875 bits per heavy atom. The van der Waals surface area contributed by atoms with Crippen molar-refractivity contribution >= 4 is 0 Å². The van der Waals surface area contributed by atoms with E-state index in [2.05, 4.69) is 0 Å². The number of hydrogen-bond acceptors (Lipinski definition) is 2. The van der Waals surface area contributed by atoms with Gasteiger partial charge in [-0.15, -0.1) is 0 Å². The number of halogens is 4. The molecule has 8 heavy (non-hydrogen) atoms. The van der Waals surface area contributed by atoms with Crippen LogP contribution in [0, 0.1) is 0 Å². The minimum absolute atomic E-state index is 5.70. The molecule has 2 nitrogen and oxygen atoms in total. The molecule has 50 valence electrons. The van der Waals surface area contributed by atoms with Crippen LogP contribution in [0.1, 0.15) is 0 Å². The van der Waals surface area contributed by atoms with E-state index in [9.17, 15) is 17.6 Å². The lowest BCUT2D eigenvalue weighted by Crippen LogP contribution is -2.58. The summed E-state index contributed by atoms with van der Waals surface area (Å²) in [6.07, 6.45) is -11.4. The lowest BCUT2D eigenvalue weighted by molar-refractivity contribution is -0.728. The largest absolute Gasteiger partial charge is 0.795 e. The Bertz CT molecular complexity index is 67.0. The van der Waals surface area contributed by atoms with Crippen LogP contribution in [0.2, 0.25) is 0 Å². The van der Waals surface area contributed by atoms with Crippen LogP contribution in [0.25, 0.3) is 0 Å². The highest BCUT2D eigenvalue weighted by atomic mass is 19.3. The van der Waals surface area contributed by atoms with Gasteiger partial charge in [-0.05, 0) is 0 Å². The minimum atomic E-state index is -5.70. The third-order valence-electron chi connectivity index (χ3n) is 0.339. The van der Waals surface area contributed by atoms with Crippen LogP contribution in [-0.2, 0) is 0 Å². The van der Waals surface area contributed by atoms with E-state index in [-0.39, 0.29) is 0 Å². The highest BCUT2D eigenvalue weighted by Gasteiger charge is 2.34. The summed E-state index contributed by atoms with van der Waals surface area (Å²) in [6, 6.07) is 0. The number of alkyl halides is 4. The minimum Gasteiger partial charge on any atom is -0.795 e. The van der Waals surface area contributed by atoms with Gasteiger partial charge in [0, 0.05) is 0 Å². The van der Waals surface area contributed by atoms with E-state index < -0.39 is 12.2 Å². The van der Waals surface area contributed by atoms with Gasteiger partial charge in [-0.3, -0.25) is 0 Å². The van der Waals surface area contributed by atoms with Gasteiger partial charge in [-0.25, -0.2) is 17.6 Å². The zero-order chi connectivity index (χ0) is 7.00. The molecule has 0 aromatic heterocycles. The normalized spacial score (nSPS) is 14.2. The van der Waals surface area contributed by atoms with Crippen molar-refractivity contribution in [3.8, 4) is 0 Å². The van der Waals surface area contributed by atoms with Crippen molar-refractivity contribution in [3.63, 3.8) is 0 Å². The summed E-state index contributed by atoms with van der Waals surface area (Å²) in [5.74, 6) is 0. The van der Waals surface area contributed by atoms with E-state index in [1.807, 2.05) is 0 Å². The molecule has 0 amide bonds. The van der Waals surface area contributed by atoms with Gasteiger partial charge in [0.15, 0.2) is 0 Å². The van der Waals surface area contributed by atoms with Crippen LogP contribution in [-0.4, -0.2) is 12.2 Å². The second-order valence-corrected chi connectivity index (χ2v) is 1.03. The quantitative estimate of drug-likeness (QED) is 0.425. The van der Waals surface area contributed by atoms with Crippen LogP contribution in [0.4, 0.5) is 17.6 Å². The first kappa shape index (κ1) is 7.64. The standard InChI is InChI=1S/C2F4O2/c3-1(4,7)2(5,6)8/q-2. The highest BCUT2D eigenvalue weighted by molar-refractivity contribution is 4.54. The van der Waals surface area contributed by atoms with Crippen molar-refractivity contribution in [2.45, 2.75) is 12.2 Å². The first-order valence-corrected chi connectivity index (χ1v) is 1.41. The van der Waals surface area contributed by atoms with Gasteiger partial charge in [0.1, 0.15) is 0 Å². The van der Waals surface area contributed by atoms with Crippen molar-refractivity contribution in [1.29, 1.82) is 0 Å². The maximum Gasteiger partial charge on any atom is 0.235 e. The predicted octanol–water partition coefficient (Wildman–Crippen LogP) is -1.11. The van der Waals surface area contributed by atoms with Crippen LogP contribution in [0.5, 0.6) is 0 Å². The molecule has 0 saturated carbocycles. The summed E-state index contributed by atoms with van der Waals surface area (Å²) in [5, 5.41) is 17.5. The fourth-order valence-electron chi connectivity index (χ4n) is 0. The van der Waals surface area contributed by atoms with Gasteiger partial charge < -0.3 is 10.2 Å². The number of hydrogen-bond donors (Lipinski definition) is 0. The zero-order valence-corrected chi connectivity index (χ0v) is 3.33. The van der Waals surface area contributed by atoms with Crippen molar-refractivity contribution < 1.29 is 27.8 Å². The van der Waals surface area contributed by atoms with E-state index >= 15 is 0 Å². The maximum atomic E-state index is 10.6. The summed E-state index contributed by atoms with van der Waals surface area (Å²) in [7, 11) is 0. The van der Waals surface area contributed by atoms with Crippen molar-refractivity contribution in [3.05, 3.63) is 0 Å². The Hall–Kier alpha value is -0.360. The lowest BCUT2D eigenvalue weighted by Gasteiger charge is -2.35. The first-order valence-electron chi connectivity index (χ1n) is 1.41. The second-order valence-electron chi connectivity index (χ2n) is 1.03. The van der Waals surface area contributed by atoms with Gasteiger partial charge in [-0.2, -0.15) is 0 Å². The van der Waals surface area contributed by atoms with Gasteiger partial charge >= 0.3 is 0 Å². The Morgan fingerprint density at radius 1 is 0.750 bits per heavy atom. The topological polar surface area (TPSA) is 46.1 Å². The molecule has 0 aliphatic carbocycles. The van der Waals surface area contributed by atoms with Crippen molar-refractivity contribution in [2.75, 3.05) is 0 Å². The Labute approximate surface area is 41.4 Å². The number of rotatable bonds is 1. The van der Waals surface area contributed by atoms with Crippen LogP contribution in [0.15, 0.2) is 0 Å². The molecule has 0 aromatic carbocycles. The van der Waals surface area contributed by atoms with E-state index in [4.69, 9.17) is 10.2 Å². The predicted molar refractivity (Wildman–Crippen MR) is 9.89 cm³/mol. The Morgan fingerprint density at radius 3 is 0.875 bits per heavy atom.